The van der Waals surface area contributed by atoms with Crippen LogP contribution in [0.15, 0.2) is 23.1 Å². The molecule has 1 N–H and O–H groups in total. The van der Waals surface area contributed by atoms with E-state index in [-0.39, 0.29) is 0 Å². The van der Waals surface area contributed by atoms with E-state index in [1.54, 1.807) is 0 Å². The summed E-state index contributed by atoms with van der Waals surface area (Å²) in [4.78, 5) is 1.23. The van der Waals surface area contributed by atoms with Gasteiger partial charge in [-0.3, -0.25) is 0 Å². The van der Waals surface area contributed by atoms with E-state index >= 15 is 0 Å². The summed E-state index contributed by atoms with van der Waals surface area (Å²) in [5.74, 6) is 0.866. The second kappa shape index (κ2) is 7.93. The van der Waals surface area contributed by atoms with E-state index in [1.807, 2.05) is 23.9 Å². The van der Waals surface area contributed by atoms with Crippen molar-refractivity contribution in [2.24, 2.45) is 5.92 Å². The van der Waals surface area contributed by atoms with Crippen LogP contribution >= 0.6 is 35.0 Å². The molecule has 3 unspecified atom stereocenters. The third kappa shape index (κ3) is 4.30. The first-order valence-corrected chi connectivity index (χ1v) is 9.12. The Kier molecular flexibility index (Phi) is 6.54. The van der Waals surface area contributed by atoms with Gasteiger partial charge in [0.25, 0.3) is 0 Å². The van der Waals surface area contributed by atoms with Gasteiger partial charge in [0.15, 0.2) is 0 Å². The molecule has 3 atom stereocenters. The van der Waals surface area contributed by atoms with Crippen molar-refractivity contribution in [2.45, 2.75) is 55.7 Å². The van der Waals surface area contributed by atoms with E-state index < -0.39 is 0 Å². The Morgan fingerprint density at radius 1 is 1.20 bits per heavy atom. The number of halogens is 2. The zero-order chi connectivity index (χ0) is 14.5. The highest BCUT2D eigenvalue weighted by atomic mass is 35.5. The summed E-state index contributed by atoms with van der Waals surface area (Å²) in [5.41, 5.74) is 0. The lowest BCUT2D eigenvalue weighted by atomic mass is 9.84. The van der Waals surface area contributed by atoms with Crippen LogP contribution in [0, 0.1) is 5.92 Å². The molecule has 1 aliphatic rings. The maximum atomic E-state index is 6.12. The second-order valence-corrected chi connectivity index (χ2v) is 7.61. The van der Waals surface area contributed by atoms with Crippen LogP contribution in [0.5, 0.6) is 0 Å². The Morgan fingerprint density at radius 2 is 2.00 bits per heavy atom. The van der Waals surface area contributed by atoms with Gasteiger partial charge in [-0.05, 0) is 49.9 Å². The lowest BCUT2D eigenvalue weighted by Gasteiger charge is -2.36. The van der Waals surface area contributed by atoms with Gasteiger partial charge in [-0.1, -0.05) is 43.5 Å². The van der Waals surface area contributed by atoms with Gasteiger partial charge in [-0.2, -0.15) is 0 Å². The quantitative estimate of drug-likeness (QED) is 0.748. The molecule has 1 aromatic rings. The van der Waals surface area contributed by atoms with Crippen molar-refractivity contribution >= 4 is 35.0 Å². The van der Waals surface area contributed by atoms with Crippen LogP contribution in [-0.4, -0.2) is 17.8 Å². The van der Waals surface area contributed by atoms with Crippen molar-refractivity contribution in [1.82, 2.24) is 5.32 Å². The second-order valence-electron chi connectivity index (χ2n) is 5.48. The molecule has 20 heavy (non-hydrogen) atoms. The first kappa shape index (κ1) is 16.5. The highest BCUT2D eigenvalue weighted by molar-refractivity contribution is 8.00. The summed E-state index contributed by atoms with van der Waals surface area (Å²) < 4.78 is 0. The molecule has 2 rings (SSSR count). The van der Waals surface area contributed by atoms with Crippen molar-refractivity contribution < 1.29 is 0 Å². The number of nitrogens with one attached hydrogen (secondary N) is 1. The van der Waals surface area contributed by atoms with Crippen molar-refractivity contribution in [3.63, 3.8) is 0 Å². The Balaban J connectivity index is 2.07. The fourth-order valence-corrected chi connectivity index (χ4v) is 4.74. The Labute approximate surface area is 136 Å². The fraction of sp³-hybridized carbons (Fsp3) is 0.625. The fourth-order valence-electron chi connectivity index (χ4n) is 2.93. The minimum absolute atomic E-state index is 0.613. The lowest BCUT2D eigenvalue weighted by Crippen LogP contribution is -2.42. The number of rotatable bonds is 5. The maximum Gasteiger partial charge on any atom is 0.0603 e. The van der Waals surface area contributed by atoms with E-state index in [4.69, 9.17) is 23.2 Å². The summed E-state index contributed by atoms with van der Waals surface area (Å²) in [6, 6.07) is 6.58. The normalized spacial score (nSPS) is 26.7. The largest absolute Gasteiger partial charge is 0.313 e. The first-order chi connectivity index (χ1) is 9.63. The Morgan fingerprint density at radius 3 is 2.65 bits per heavy atom. The average Bonchev–Trinajstić information content (AvgIpc) is 2.45. The van der Waals surface area contributed by atoms with Crippen molar-refractivity contribution in [3.05, 3.63) is 28.2 Å². The molecule has 0 aliphatic heterocycles. The molecule has 1 aliphatic carbocycles. The van der Waals surface area contributed by atoms with E-state index in [2.05, 4.69) is 25.2 Å². The molecule has 1 saturated carbocycles. The van der Waals surface area contributed by atoms with Crippen molar-refractivity contribution in [3.8, 4) is 0 Å². The molecule has 0 heterocycles. The molecular weight excluding hydrogens is 309 g/mol. The molecule has 0 saturated heterocycles. The zero-order valence-corrected chi connectivity index (χ0v) is 14.5. The van der Waals surface area contributed by atoms with E-state index in [9.17, 15) is 0 Å². The first-order valence-electron chi connectivity index (χ1n) is 7.49. The van der Waals surface area contributed by atoms with Gasteiger partial charge in [-0.25, -0.2) is 0 Å². The third-order valence-electron chi connectivity index (χ3n) is 4.12. The maximum absolute atomic E-state index is 6.12. The number of thioether (sulfide) groups is 1. The molecule has 112 valence electrons. The van der Waals surface area contributed by atoms with Crippen LogP contribution < -0.4 is 5.32 Å². The molecular formula is C16H23Cl2NS. The molecule has 0 bridgehead atoms. The van der Waals surface area contributed by atoms with Crippen LogP contribution in [0.3, 0.4) is 0 Å². The van der Waals surface area contributed by atoms with Gasteiger partial charge in [0.1, 0.15) is 0 Å². The molecule has 0 spiro atoms. The van der Waals surface area contributed by atoms with Gasteiger partial charge in [0.2, 0.25) is 0 Å². The minimum Gasteiger partial charge on any atom is -0.313 e. The molecule has 0 aromatic heterocycles. The highest BCUT2D eigenvalue weighted by Gasteiger charge is 2.29. The van der Waals surface area contributed by atoms with Crippen LogP contribution in [0.25, 0.3) is 0 Å². The predicted octanol–water partition coefficient (Wildman–Crippen LogP) is 5.64. The lowest BCUT2D eigenvalue weighted by molar-refractivity contribution is 0.298. The van der Waals surface area contributed by atoms with Gasteiger partial charge < -0.3 is 5.32 Å². The summed E-state index contributed by atoms with van der Waals surface area (Å²) in [7, 11) is 0. The van der Waals surface area contributed by atoms with Crippen molar-refractivity contribution in [2.75, 3.05) is 6.54 Å². The molecule has 0 amide bonds. The highest BCUT2D eigenvalue weighted by Crippen LogP contribution is 2.39. The van der Waals surface area contributed by atoms with E-state index in [0.29, 0.717) is 21.3 Å². The monoisotopic (exact) mass is 331 g/mol. The number of hydrogen-bond donors (Lipinski definition) is 1. The average molecular weight is 332 g/mol. The molecule has 1 nitrogen and oxygen atoms in total. The molecule has 0 radical (unpaired) electrons. The Hall–Kier alpha value is 0.110. The van der Waals surface area contributed by atoms with Gasteiger partial charge in [-0.15, -0.1) is 11.8 Å². The van der Waals surface area contributed by atoms with Crippen LogP contribution in [-0.2, 0) is 0 Å². The SMILES string of the molecule is CCNC1CCC(CC)CC1Sc1ccc(Cl)c(Cl)c1. The van der Waals surface area contributed by atoms with E-state index in [0.717, 1.165) is 12.5 Å². The summed E-state index contributed by atoms with van der Waals surface area (Å²) in [6.45, 7) is 5.53. The topological polar surface area (TPSA) is 12.0 Å². The van der Waals surface area contributed by atoms with Gasteiger partial charge in [0, 0.05) is 16.2 Å². The predicted molar refractivity (Wildman–Crippen MR) is 91.2 cm³/mol. The van der Waals surface area contributed by atoms with Crippen molar-refractivity contribution in [1.29, 1.82) is 0 Å². The molecule has 1 aromatic carbocycles. The summed E-state index contributed by atoms with van der Waals surface area (Å²) >= 11 is 14.1. The summed E-state index contributed by atoms with van der Waals surface area (Å²) in [5, 5.41) is 5.56. The number of hydrogen-bond acceptors (Lipinski definition) is 2. The Bertz CT molecular complexity index is 438. The molecule has 4 heteroatoms. The minimum atomic E-state index is 0.613. The van der Waals surface area contributed by atoms with Crippen LogP contribution in [0.4, 0.5) is 0 Å². The standard InChI is InChI=1S/C16H23Cl2NS/c1-3-11-5-8-15(19-4-2)16(9-11)20-12-6-7-13(17)14(18)10-12/h6-7,10-11,15-16,19H,3-5,8-9H2,1-2H3. The van der Waals surface area contributed by atoms with Gasteiger partial charge in [0.05, 0.1) is 10.0 Å². The van der Waals surface area contributed by atoms with Crippen LogP contribution in [0.1, 0.15) is 39.5 Å². The third-order valence-corrected chi connectivity index (χ3v) is 6.21. The molecule has 1 fully saturated rings. The number of benzene rings is 1. The summed E-state index contributed by atoms with van der Waals surface area (Å²) in [6.07, 6.45) is 5.22. The van der Waals surface area contributed by atoms with E-state index in [1.165, 1.54) is 30.6 Å². The van der Waals surface area contributed by atoms with Gasteiger partial charge >= 0.3 is 0 Å². The van der Waals surface area contributed by atoms with Crippen LogP contribution in [0.2, 0.25) is 10.0 Å². The smallest absolute Gasteiger partial charge is 0.0603 e. The zero-order valence-electron chi connectivity index (χ0n) is 12.2.